The quantitative estimate of drug-likeness (QED) is 0.836. The van der Waals surface area contributed by atoms with Crippen molar-refractivity contribution in [2.45, 2.75) is 51.1 Å². The van der Waals surface area contributed by atoms with Gasteiger partial charge in [-0.1, -0.05) is 26.2 Å². The summed E-state index contributed by atoms with van der Waals surface area (Å²) in [6.07, 6.45) is 7.23. The average molecular weight is 265 g/mol. The Labute approximate surface area is 118 Å². The number of hydrogen-bond acceptors (Lipinski definition) is 3. The maximum absolute atomic E-state index is 3.69. The SMILES string of the molecule is CCC1CCC(C(NC)C2CN3CCN2CC3)CC1. The molecule has 2 bridgehead atoms. The third-order valence-electron chi connectivity index (χ3n) is 6.05. The van der Waals surface area contributed by atoms with Gasteiger partial charge in [0.1, 0.15) is 0 Å². The van der Waals surface area contributed by atoms with Gasteiger partial charge < -0.3 is 5.32 Å². The largest absolute Gasteiger partial charge is 0.315 e. The first-order valence-electron chi connectivity index (χ1n) is 8.45. The predicted octanol–water partition coefficient (Wildman–Crippen LogP) is 1.79. The van der Waals surface area contributed by atoms with E-state index in [2.05, 4.69) is 29.1 Å². The van der Waals surface area contributed by atoms with E-state index in [1.54, 1.807) is 0 Å². The lowest BCUT2D eigenvalue weighted by Gasteiger charge is -2.52. The summed E-state index contributed by atoms with van der Waals surface area (Å²) >= 11 is 0. The Kier molecular flexibility index (Phi) is 4.45. The standard InChI is InChI=1S/C16H31N3/c1-3-13-4-6-14(7-5-13)16(17-2)15-12-18-8-10-19(15)11-9-18/h13-17H,3-12H2,1-2H3. The van der Waals surface area contributed by atoms with E-state index in [9.17, 15) is 0 Å². The van der Waals surface area contributed by atoms with Crippen molar-refractivity contribution in [3.63, 3.8) is 0 Å². The van der Waals surface area contributed by atoms with Crippen LogP contribution in [0.3, 0.4) is 0 Å². The summed E-state index contributed by atoms with van der Waals surface area (Å²) in [5.74, 6) is 1.93. The zero-order valence-corrected chi connectivity index (χ0v) is 12.8. The van der Waals surface area contributed by atoms with E-state index in [1.165, 1.54) is 64.8 Å². The van der Waals surface area contributed by atoms with Gasteiger partial charge in [-0.2, -0.15) is 0 Å². The smallest absolute Gasteiger partial charge is 0.0380 e. The van der Waals surface area contributed by atoms with Crippen LogP contribution in [0.15, 0.2) is 0 Å². The second-order valence-corrected chi connectivity index (χ2v) is 6.91. The Morgan fingerprint density at radius 1 is 1.05 bits per heavy atom. The highest BCUT2D eigenvalue weighted by Crippen LogP contribution is 2.35. The lowest BCUT2D eigenvalue weighted by Crippen LogP contribution is -2.67. The van der Waals surface area contributed by atoms with E-state index < -0.39 is 0 Å². The summed E-state index contributed by atoms with van der Waals surface area (Å²) in [4.78, 5) is 5.43. The van der Waals surface area contributed by atoms with Crippen LogP contribution in [-0.2, 0) is 0 Å². The van der Waals surface area contributed by atoms with Gasteiger partial charge in [-0.25, -0.2) is 0 Å². The van der Waals surface area contributed by atoms with E-state index >= 15 is 0 Å². The lowest BCUT2D eigenvalue weighted by atomic mass is 9.75. The van der Waals surface area contributed by atoms with Gasteiger partial charge >= 0.3 is 0 Å². The van der Waals surface area contributed by atoms with Crippen molar-refractivity contribution in [2.24, 2.45) is 11.8 Å². The molecule has 110 valence electrons. The Bertz CT molecular complexity index is 278. The molecule has 0 amide bonds. The minimum atomic E-state index is 0.723. The Balaban J connectivity index is 1.61. The maximum Gasteiger partial charge on any atom is 0.0380 e. The summed E-state index contributed by atoms with van der Waals surface area (Å²) in [6.45, 7) is 8.87. The first-order chi connectivity index (χ1) is 9.31. The molecule has 4 rings (SSSR count). The molecule has 3 aliphatic heterocycles. The normalized spacial score (nSPS) is 44.2. The molecule has 3 heteroatoms. The van der Waals surface area contributed by atoms with E-state index in [0.717, 1.165) is 23.9 Å². The number of fused-ring (bicyclic) bond motifs is 3. The summed E-state index contributed by atoms with van der Waals surface area (Å²) in [6, 6.07) is 1.50. The minimum absolute atomic E-state index is 0.723. The van der Waals surface area contributed by atoms with Crippen LogP contribution in [0.1, 0.15) is 39.0 Å². The number of nitrogens with one attached hydrogen (secondary N) is 1. The Morgan fingerprint density at radius 3 is 2.21 bits per heavy atom. The highest BCUT2D eigenvalue weighted by atomic mass is 15.4. The molecule has 0 aromatic carbocycles. The maximum atomic E-state index is 3.69. The first kappa shape index (κ1) is 13.8. The summed E-state index contributed by atoms with van der Waals surface area (Å²) in [5.41, 5.74) is 0. The molecule has 3 nitrogen and oxygen atoms in total. The van der Waals surface area contributed by atoms with Crippen LogP contribution in [0, 0.1) is 11.8 Å². The van der Waals surface area contributed by atoms with Crippen LogP contribution in [-0.4, -0.2) is 61.7 Å². The molecule has 0 spiro atoms. The number of nitrogens with zero attached hydrogens (tertiary/aromatic N) is 2. The molecule has 2 unspecified atom stereocenters. The molecule has 0 radical (unpaired) electrons. The monoisotopic (exact) mass is 265 g/mol. The van der Waals surface area contributed by atoms with Crippen molar-refractivity contribution in [1.82, 2.24) is 15.1 Å². The predicted molar refractivity (Wildman–Crippen MR) is 80.4 cm³/mol. The van der Waals surface area contributed by atoms with Gasteiger partial charge in [0.25, 0.3) is 0 Å². The van der Waals surface area contributed by atoms with Gasteiger partial charge in [0.05, 0.1) is 0 Å². The van der Waals surface area contributed by atoms with Crippen LogP contribution in [0.2, 0.25) is 0 Å². The van der Waals surface area contributed by atoms with Crippen LogP contribution in [0.5, 0.6) is 0 Å². The third-order valence-corrected chi connectivity index (χ3v) is 6.05. The number of piperazine rings is 3. The zero-order valence-electron chi connectivity index (χ0n) is 12.8. The van der Waals surface area contributed by atoms with Crippen LogP contribution >= 0.6 is 0 Å². The second-order valence-electron chi connectivity index (χ2n) is 6.91. The molecule has 0 aromatic rings. The molecular formula is C16H31N3. The van der Waals surface area contributed by atoms with Crippen molar-refractivity contribution >= 4 is 0 Å². The molecular weight excluding hydrogens is 234 g/mol. The second kappa shape index (κ2) is 6.11. The van der Waals surface area contributed by atoms with Crippen LogP contribution in [0.25, 0.3) is 0 Å². The molecule has 1 N–H and O–H groups in total. The van der Waals surface area contributed by atoms with Crippen molar-refractivity contribution in [3.05, 3.63) is 0 Å². The fourth-order valence-electron chi connectivity index (χ4n) is 4.70. The zero-order chi connectivity index (χ0) is 13.2. The fourth-order valence-corrected chi connectivity index (χ4v) is 4.70. The molecule has 4 fully saturated rings. The average Bonchev–Trinajstić information content (AvgIpc) is 2.50. The fraction of sp³-hybridized carbons (Fsp3) is 1.00. The van der Waals surface area contributed by atoms with Crippen molar-refractivity contribution in [1.29, 1.82) is 0 Å². The highest BCUT2D eigenvalue weighted by Gasteiger charge is 2.39. The van der Waals surface area contributed by atoms with E-state index in [4.69, 9.17) is 0 Å². The van der Waals surface area contributed by atoms with Gasteiger partial charge in [-0.15, -0.1) is 0 Å². The number of likely N-dealkylation sites (N-methyl/N-ethyl adjacent to an activating group) is 1. The van der Waals surface area contributed by atoms with E-state index in [-0.39, 0.29) is 0 Å². The molecule has 2 atom stereocenters. The molecule has 1 aliphatic carbocycles. The van der Waals surface area contributed by atoms with Gasteiger partial charge in [0.2, 0.25) is 0 Å². The van der Waals surface area contributed by atoms with Crippen LogP contribution < -0.4 is 5.32 Å². The van der Waals surface area contributed by atoms with Gasteiger partial charge in [0, 0.05) is 44.8 Å². The lowest BCUT2D eigenvalue weighted by molar-refractivity contribution is -0.0164. The molecule has 4 aliphatic rings. The van der Waals surface area contributed by atoms with Crippen molar-refractivity contribution in [2.75, 3.05) is 39.8 Å². The third kappa shape index (κ3) is 2.84. The number of hydrogen-bond donors (Lipinski definition) is 1. The Hall–Kier alpha value is -0.120. The van der Waals surface area contributed by atoms with Gasteiger partial charge in [-0.05, 0) is 31.7 Å². The van der Waals surface area contributed by atoms with Crippen LogP contribution in [0.4, 0.5) is 0 Å². The minimum Gasteiger partial charge on any atom is -0.315 e. The molecule has 19 heavy (non-hydrogen) atoms. The summed E-state index contributed by atoms with van der Waals surface area (Å²) < 4.78 is 0. The van der Waals surface area contributed by atoms with Gasteiger partial charge in [0.15, 0.2) is 0 Å². The first-order valence-corrected chi connectivity index (χ1v) is 8.45. The molecule has 3 saturated heterocycles. The van der Waals surface area contributed by atoms with Gasteiger partial charge in [-0.3, -0.25) is 9.80 Å². The van der Waals surface area contributed by atoms with E-state index in [0.29, 0.717) is 0 Å². The highest BCUT2D eigenvalue weighted by molar-refractivity contribution is 4.97. The number of rotatable bonds is 4. The molecule has 1 saturated carbocycles. The topological polar surface area (TPSA) is 18.5 Å². The van der Waals surface area contributed by atoms with Crippen molar-refractivity contribution < 1.29 is 0 Å². The van der Waals surface area contributed by atoms with Crippen molar-refractivity contribution in [3.8, 4) is 0 Å². The molecule has 0 aromatic heterocycles. The Morgan fingerprint density at radius 2 is 1.74 bits per heavy atom. The van der Waals surface area contributed by atoms with E-state index in [1.807, 2.05) is 0 Å². The molecule has 3 heterocycles. The summed E-state index contributed by atoms with van der Waals surface area (Å²) in [7, 11) is 2.19. The summed E-state index contributed by atoms with van der Waals surface area (Å²) in [5, 5.41) is 3.69.